The first kappa shape index (κ1) is 16.4. The number of benzene rings is 3. The van der Waals surface area contributed by atoms with Gasteiger partial charge in [0.25, 0.3) is 0 Å². The molecule has 5 nitrogen and oxygen atoms in total. The summed E-state index contributed by atoms with van der Waals surface area (Å²) in [5, 5.41) is 13.0. The highest BCUT2D eigenvalue weighted by Gasteiger charge is 2.04. The van der Waals surface area contributed by atoms with Crippen molar-refractivity contribution in [2.45, 2.75) is 0 Å². The average molecular weight is 330 g/mol. The second-order valence-electron chi connectivity index (χ2n) is 5.15. The zero-order valence-corrected chi connectivity index (χ0v) is 13.8. The van der Waals surface area contributed by atoms with E-state index in [9.17, 15) is 0 Å². The molecular formula is C20H18N4O. The smallest absolute Gasteiger partial charge is 0.201 e. The fourth-order valence-electron chi connectivity index (χ4n) is 2.18. The number of ether oxygens (including phenoxy) is 1. The highest BCUT2D eigenvalue weighted by atomic mass is 16.5. The van der Waals surface area contributed by atoms with Crippen LogP contribution in [-0.2, 0) is 0 Å². The third kappa shape index (κ3) is 4.51. The van der Waals surface area contributed by atoms with Gasteiger partial charge in [0, 0.05) is 5.56 Å². The van der Waals surface area contributed by atoms with Gasteiger partial charge in [-0.05, 0) is 24.3 Å². The third-order valence-corrected chi connectivity index (χ3v) is 3.43. The third-order valence-electron chi connectivity index (χ3n) is 3.43. The number of azo groups is 1. The lowest BCUT2D eigenvalue weighted by Crippen LogP contribution is -2.01. The Morgan fingerprint density at radius 1 is 0.800 bits per heavy atom. The number of hydrogen-bond acceptors (Lipinski definition) is 4. The SMILES string of the molecule is COc1ccccc1N=N/C(=N/Nc1ccccc1)c1ccccc1. The monoisotopic (exact) mass is 330 g/mol. The lowest BCUT2D eigenvalue weighted by molar-refractivity contribution is 0.416. The van der Waals surface area contributed by atoms with Crippen molar-refractivity contribution >= 4 is 17.2 Å². The van der Waals surface area contributed by atoms with E-state index in [1.54, 1.807) is 7.11 Å². The van der Waals surface area contributed by atoms with Gasteiger partial charge in [-0.25, -0.2) is 0 Å². The van der Waals surface area contributed by atoms with Crippen molar-refractivity contribution in [3.05, 3.63) is 90.5 Å². The molecule has 0 aliphatic heterocycles. The molecule has 1 N–H and O–H groups in total. The van der Waals surface area contributed by atoms with Crippen LogP contribution >= 0.6 is 0 Å². The molecule has 0 spiro atoms. The maximum Gasteiger partial charge on any atom is 0.201 e. The molecule has 0 aliphatic rings. The van der Waals surface area contributed by atoms with Gasteiger partial charge in [-0.3, -0.25) is 5.43 Å². The number of anilines is 1. The maximum atomic E-state index is 5.30. The zero-order chi connectivity index (χ0) is 17.3. The molecule has 124 valence electrons. The summed E-state index contributed by atoms with van der Waals surface area (Å²) < 4.78 is 5.30. The number of hydrazone groups is 1. The number of nitrogens with one attached hydrogen (secondary N) is 1. The number of nitrogens with zero attached hydrogens (tertiary/aromatic N) is 3. The molecule has 3 aromatic carbocycles. The molecule has 0 bridgehead atoms. The van der Waals surface area contributed by atoms with Gasteiger partial charge >= 0.3 is 0 Å². The van der Waals surface area contributed by atoms with Crippen LogP contribution < -0.4 is 10.2 Å². The van der Waals surface area contributed by atoms with Crippen LogP contribution in [0.25, 0.3) is 0 Å². The van der Waals surface area contributed by atoms with Crippen LogP contribution in [0, 0.1) is 0 Å². The number of hydrogen-bond donors (Lipinski definition) is 1. The van der Waals surface area contributed by atoms with Gasteiger partial charge in [-0.15, -0.1) is 10.2 Å². The Morgan fingerprint density at radius 2 is 1.44 bits per heavy atom. The van der Waals surface area contributed by atoms with Crippen molar-refractivity contribution in [1.29, 1.82) is 0 Å². The van der Waals surface area contributed by atoms with Crippen LogP contribution in [0.3, 0.4) is 0 Å². The van der Waals surface area contributed by atoms with Crippen LogP contribution in [0.15, 0.2) is 100 Å². The predicted molar refractivity (Wildman–Crippen MR) is 101 cm³/mol. The van der Waals surface area contributed by atoms with Crippen molar-refractivity contribution in [2.75, 3.05) is 12.5 Å². The molecule has 3 aromatic rings. The molecule has 0 radical (unpaired) electrons. The van der Waals surface area contributed by atoms with E-state index in [1.807, 2.05) is 84.9 Å². The summed E-state index contributed by atoms with van der Waals surface area (Å²) in [5.74, 6) is 1.14. The number of para-hydroxylation sites is 2. The summed E-state index contributed by atoms with van der Waals surface area (Å²) in [5.41, 5.74) is 5.40. The number of amidine groups is 1. The Kier molecular flexibility index (Phi) is 5.51. The largest absolute Gasteiger partial charge is 0.494 e. The molecule has 0 fully saturated rings. The van der Waals surface area contributed by atoms with Crippen LogP contribution in [0.4, 0.5) is 11.4 Å². The van der Waals surface area contributed by atoms with Crippen molar-refractivity contribution in [3.63, 3.8) is 0 Å². The van der Waals surface area contributed by atoms with E-state index in [4.69, 9.17) is 4.74 Å². The van der Waals surface area contributed by atoms with Crippen molar-refractivity contribution in [2.24, 2.45) is 15.3 Å². The van der Waals surface area contributed by atoms with E-state index in [1.165, 1.54) is 0 Å². The van der Waals surface area contributed by atoms with Crippen molar-refractivity contribution in [1.82, 2.24) is 0 Å². The lowest BCUT2D eigenvalue weighted by Gasteiger charge is -2.04. The Hall–Kier alpha value is -3.47. The summed E-state index contributed by atoms with van der Waals surface area (Å²) in [6.45, 7) is 0. The molecule has 0 aromatic heterocycles. The highest BCUT2D eigenvalue weighted by molar-refractivity contribution is 5.99. The van der Waals surface area contributed by atoms with Crippen LogP contribution in [0.5, 0.6) is 5.75 Å². The minimum atomic E-state index is 0.482. The fourth-order valence-corrected chi connectivity index (χ4v) is 2.18. The van der Waals surface area contributed by atoms with Crippen molar-refractivity contribution in [3.8, 4) is 5.75 Å². The fraction of sp³-hybridized carbons (Fsp3) is 0.0500. The molecule has 0 atom stereocenters. The van der Waals surface area contributed by atoms with E-state index >= 15 is 0 Å². The second-order valence-corrected chi connectivity index (χ2v) is 5.15. The lowest BCUT2D eigenvalue weighted by atomic mass is 10.2. The summed E-state index contributed by atoms with van der Waals surface area (Å²) in [4.78, 5) is 0. The Morgan fingerprint density at radius 3 is 2.16 bits per heavy atom. The van der Waals surface area contributed by atoms with Crippen molar-refractivity contribution < 1.29 is 4.74 Å². The van der Waals surface area contributed by atoms with Gasteiger partial charge in [0.05, 0.1) is 12.8 Å². The summed E-state index contributed by atoms with van der Waals surface area (Å²) in [6, 6.07) is 26.9. The molecule has 0 amide bonds. The molecule has 0 saturated heterocycles. The minimum Gasteiger partial charge on any atom is -0.494 e. The normalized spacial score (nSPS) is 11.5. The van der Waals surface area contributed by atoms with Gasteiger partial charge < -0.3 is 4.74 Å². The first-order valence-electron chi connectivity index (χ1n) is 7.86. The second kappa shape index (κ2) is 8.40. The Labute approximate surface area is 146 Å². The quantitative estimate of drug-likeness (QED) is 0.300. The number of methoxy groups -OCH3 is 1. The van der Waals surface area contributed by atoms with Gasteiger partial charge in [-0.2, -0.15) is 5.10 Å². The van der Waals surface area contributed by atoms with E-state index < -0.39 is 0 Å². The molecule has 5 heteroatoms. The van der Waals surface area contributed by atoms with E-state index in [-0.39, 0.29) is 0 Å². The Bertz CT molecular complexity index is 861. The molecule has 0 aliphatic carbocycles. The topological polar surface area (TPSA) is 58.3 Å². The maximum absolute atomic E-state index is 5.30. The van der Waals surface area contributed by atoms with E-state index in [0.29, 0.717) is 17.3 Å². The van der Waals surface area contributed by atoms with Crippen LogP contribution in [0.1, 0.15) is 5.56 Å². The first-order valence-corrected chi connectivity index (χ1v) is 7.86. The molecule has 3 rings (SSSR count). The minimum absolute atomic E-state index is 0.482. The molecule has 25 heavy (non-hydrogen) atoms. The molecule has 0 unspecified atom stereocenters. The molecule has 0 saturated carbocycles. The Balaban J connectivity index is 1.90. The van der Waals surface area contributed by atoms with Gasteiger partial charge in [-0.1, -0.05) is 60.7 Å². The first-order chi connectivity index (χ1) is 12.4. The van der Waals surface area contributed by atoms with E-state index in [2.05, 4.69) is 20.8 Å². The van der Waals surface area contributed by atoms with Gasteiger partial charge in [0.1, 0.15) is 11.4 Å². The van der Waals surface area contributed by atoms with Gasteiger partial charge in [0.15, 0.2) is 0 Å². The summed E-state index contributed by atoms with van der Waals surface area (Å²) in [6.07, 6.45) is 0. The molecule has 0 heterocycles. The zero-order valence-electron chi connectivity index (χ0n) is 13.8. The van der Waals surface area contributed by atoms with Gasteiger partial charge in [0.2, 0.25) is 5.84 Å². The van der Waals surface area contributed by atoms with Crippen LogP contribution in [0.2, 0.25) is 0 Å². The van der Waals surface area contributed by atoms with Crippen LogP contribution in [-0.4, -0.2) is 12.9 Å². The standard InChI is InChI=1S/C20H18N4O/c1-25-19-15-9-8-14-18(19)22-24-20(16-10-4-2-5-11-16)23-21-17-12-6-3-7-13-17/h2-15,21H,1H3/b23-20+,24-22?. The average Bonchev–Trinajstić information content (AvgIpc) is 2.70. The summed E-state index contributed by atoms with van der Waals surface area (Å²) in [7, 11) is 1.61. The highest BCUT2D eigenvalue weighted by Crippen LogP contribution is 2.26. The summed E-state index contributed by atoms with van der Waals surface area (Å²) >= 11 is 0. The number of rotatable bonds is 5. The molecular weight excluding hydrogens is 312 g/mol. The predicted octanol–water partition coefficient (Wildman–Crippen LogP) is 5.25. The van der Waals surface area contributed by atoms with E-state index in [0.717, 1.165) is 11.3 Å².